The van der Waals surface area contributed by atoms with Crippen LogP contribution in [0.1, 0.15) is 62.9 Å². The minimum atomic E-state index is -0.955. The standard InChI is InChI=1S/C17H27N3O3/c1-4-13(12(2)3)9-16(21)19-7-5-15(6-8-19)20-11-14(10-18-20)17(22)23/h10-13,15H,4-9H2,1-3H3,(H,22,23). The van der Waals surface area contributed by atoms with Crippen LogP contribution < -0.4 is 0 Å². The van der Waals surface area contributed by atoms with E-state index in [0.717, 1.165) is 32.4 Å². The summed E-state index contributed by atoms with van der Waals surface area (Å²) in [6, 6.07) is 0.180. The third-order valence-corrected chi connectivity index (χ3v) is 4.94. The van der Waals surface area contributed by atoms with Crippen LogP contribution in [0.4, 0.5) is 0 Å². The molecule has 0 bridgehead atoms. The van der Waals surface area contributed by atoms with E-state index in [1.165, 1.54) is 6.20 Å². The van der Waals surface area contributed by atoms with Crippen molar-refractivity contribution in [1.29, 1.82) is 0 Å². The van der Waals surface area contributed by atoms with E-state index < -0.39 is 5.97 Å². The molecule has 0 aromatic carbocycles. The van der Waals surface area contributed by atoms with Gasteiger partial charge in [0.2, 0.25) is 5.91 Å². The van der Waals surface area contributed by atoms with Gasteiger partial charge in [0.15, 0.2) is 0 Å². The predicted octanol–water partition coefficient (Wildman–Crippen LogP) is 2.82. The highest BCUT2D eigenvalue weighted by Crippen LogP contribution is 2.25. The first-order valence-corrected chi connectivity index (χ1v) is 8.47. The molecule has 1 aromatic heterocycles. The number of nitrogens with zero attached hydrogens (tertiary/aromatic N) is 3. The minimum absolute atomic E-state index is 0.180. The van der Waals surface area contributed by atoms with Gasteiger partial charge in [-0.15, -0.1) is 0 Å². The predicted molar refractivity (Wildman–Crippen MR) is 87.3 cm³/mol. The Morgan fingerprint density at radius 1 is 1.35 bits per heavy atom. The molecule has 0 saturated carbocycles. The van der Waals surface area contributed by atoms with Gasteiger partial charge in [-0.05, 0) is 24.7 Å². The molecule has 6 nitrogen and oxygen atoms in total. The van der Waals surface area contributed by atoms with Gasteiger partial charge in [0.05, 0.1) is 17.8 Å². The number of piperidine rings is 1. The molecule has 1 unspecified atom stereocenters. The summed E-state index contributed by atoms with van der Waals surface area (Å²) in [5, 5.41) is 13.1. The van der Waals surface area contributed by atoms with E-state index in [0.29, 0.717) is 18.3 Å². The Hall–Kier alpha value is -1.85. The van der Waals surface area contributed by atoms with Crippen LogP contribution >= 0.6 is 0 Å². The van der Waals surface area contributed by atoms with Crippen LogP contribution in [-0.2, 0) is 4.79 Å². The summed E-state index contributed by atoms with van der Waals surface area (Å²) in [6.45, 7) is 7.93. The average Bonchev–Trinajstić information content (AvgIpc) is 3.02. The summed E-state index contributed by atoms with van der Waals surface area (Å²) in [4.78, 5) is 25.3. The van der Waals surface area contributed by atoms with E-state index in [2.05, 4.69) is 25.9 Å². The molecule has 2 heterocycles. The van der Waals surface area contributed by atoms with Crippen molar-refractivity contribution >= 4 is 11.9 Å². The molecule has 1 aliphatic rings. The summed E-state index contributed by atoms with van der Waals surface area (Å²) in [5.74, 6) is 0.267. The second-order valence-corrected chi connectivity index (χ2v) is 6.74. The van der Waals surface area contributed by atoms with E-state index in [9.17, 15) is 9.59 Å². The average molecular weight is 321 g/mol. The highest BCUT2D eigenvalue weighted by molar-refractivity contribution is 5.86. The van der Waals surface area contributed by atoms with Gasteiger partial charge in [0.1, 0.15) is 0 Å². The van der Waals surface area contributed by atoms with E-state index in [1.54, 1.807) is 10.9 Å². The number of rotatable bonds is 6. The lowest BCUT2D eigenvalue weighted by molar-refractivity contribution is -0.134. The van der Waals surface area contributed by atoms with Crippen LogP contribution in [0, 0.1) is 11.8 Å². The largest absolute Gasteiger partial charge is 0.478 e. The number of carboxylic acid groups (broad SMARTS) is 1. The van der Waals surface area contributed by atoms with Crippen molar-refractivity contribution in [2.75, 3.05) is 13.1 Å². The van der Waals surface area contributed by atoms with Crippen LogP contribution in [-0.4, -0.2) is 44.8 Å². The maximum Gasteiger partial charge on any atom is 0.338 e. The molecule has 0 aliphatic carbocycles. The number of likely N-dealkylation sites (tertiary alicyclic amines) is 1. The van der Waals surface area contributed by atoms with Gasteiger partial charge in [-0.25, -0.2) is 4.79 Å². The van der Waals surface area contributed by atoms with Crippen molar-refractivity contribution in [3.8, 4) is 0 Å². The quantitative estimate of drug-likeness (QED) is 0.874. The number of hydrogen-bond acceptors (Lipinski definition) is 3. The monoisotopic (exact) mass is 321 g/mol. The van der Waals surface area contributed by atoms with Crippen molar-refractivity contribution in [2.24, 2.45) is 11.8 Å². The first kappa shape index (κ1) is 17.5. The highest BCUT2D eigenvalue weighted by atomic mass is 16.4. The summed E-state index contributed by atoms with van der Waals surface area (Å²) in [5.41, 5.74) is 0.214. The number of carbonyl (C=O) groups excluding carboxylic acids is 1. The molecular weight excluding hydrogens is 294 g/mol. The molecule has 1 saturated heterocycles. The van der Waals surface area contributed by atoms with Crippen molar-refractivity contribution in [3.63, 3.8) is 0 Å². The Morgan fingerprint density at radius 2 is 2.00 bits per heavy atom. The molecule has 0 radical (unpaired) electrons. The molecule has 1 fully saturated rings. The van der Waals surface area contributed by atoms with Crippen molar-refractivity contribution in [3.05, 3.63) is 18.0 Å². The number of amides is 1. The summed E-state index contributed by atoms with van der Waals surface area (Å²) < 4.78 is 1.73. The van der Waals surface area contributed by atoms with Crippen LogP contribution in [0.5, 0.6) is 0 Å². The smallest absolute Gasteiger partial charge is 0.338 e. The topological polar surface area (TPSA) is 75.4 Å². The van der Waals surface area contributed by atoms with Gasteiger partial charge in [-0.3, -0.25) is 9.48 Å². The molecule has 128 valence electrons. The first-order chi connectivity index (χ1) is 10.9. The van der Waals surface area contributed by atoms with E-state index in [-0.39, 0.29) is 17.5 Å². The van der Waals surface area contributed by atoms with Crippen LogP contribution in [0.3, 0.4) is 0 Å². The third kappa shape index (κ3) is 4.33. The SMILES string of the molecule is CCC(CC(=O)N1CCC(n2cc(C(=O)O)cn2)CC1)C(C)C. The zero-order chi connectivity index (χ0) is 17.0. The maximum absolute atomic E-state index is 12.4. The lowest BCUT2D eigenvalue weighted by Gasteiger charge is -2.33. The number of hydrogen-bond donors (Lipinski definition) is 1. The van der Waals surface area contributed by atoms with Gasteiger partial charge >= 0.3 is 5.97 Å². The highest BCUT2D eigenvalue weighted by Gasteiger charge is 2.26. The maximum atomic E-state index is 12.4. The fourth-order valence-corrected chi connectivity index (χ4v) is 3.23. The number of aromatic nitrogens is 2. The Balaban J connectivity index is 1.87. The molecule has 1 N–H and O–H groups in total. The summed E-state index contributed by atoms with van der Waals surface area (Å²) >= 11 is 0. The molecule has 2 rings (SSSR count). The molecule has 1 aliphatic heterocycles. The zero-order valence-electron chi connectivity index (χ0n) is 14.2. The molecule has 1 atom stereocenters. The lowest BCUT2D eigenvalue weighted by Crippen LogP contribution is -2.40. The Labute approximate surface area is 137 Å². The molecule has 1 amide bonds. The van der Waals surface area contributed by atoms with Gasteiger partial charge in [-0.1, -0.05) is 27.2 Å². The Bertz CT molecular complexity index is 545. The summed E-state index contributed by atoms with van der Waals surface area (Å²) in [7, 11) is 0. The fourth-order valence-electron chi connectivity index (χ4n) is 3.23. The van der Waals surface area contributed by atoms with Crippen molar-refractivity contribution < 1.29 is 14.7 Å². The molecular formula is C17H27N3O3. The Morgan fingerprint density at radius 3 is 2.48 bits per heavy atom. The molecule has 6 heteroatoms. The Kier molecular flexibility index (Phi) is 5.80. The van der Waals surface area contributed by atoms with Crippen molar-refractivity contribution in [2.45, 2.75) is 52.5 Å². The molecule has 1 aromatic rings. The summed E-state index contributed by atoms with van der Waals surface area (Å²) in [6.07, 6.45) is 6.27. The lowest BCUT2D eigenvalue weighted by atomic mass is 9.89. The molecule has 0 spiro atoms. The van der Waals surface area contributed by atoms with Crippen molar-refractivity contribution in [1.82, 2.24) is 14.7 Å². The van der Waals surface area contributed by atoms with Crippen LogP contribution in [0.15, 0.2) is 12.4 Å². The second-order valence-electron chi connectivity index (χ2n) is 6.74. The number of aromatic carboxylic acids is 1. The van der Waals surface area contributed by atoms with Gasteiger partial charge < -0.3 is 10.0 Å². The van der Waals surface area contributed by atoms with Crippen LogP contribution in [0.25, 0.3) is 0 Å². The van der Waals surface area contributed by atoms with E-state index >= 15 is 0 Å². The van der Waals surface area contributed by atoms with E-state index in [1.807, 2.05) is 4.90 Å². The normalized spacial score (nSPS) is 17.5. The van der Waals surface area contributed by atoms with Crippen LogP contribution in [0.2, 0.25) is 0 Å². The third-order valence-electron chi connectivity index (χ3n) is 4.94. The number of carbonyl (C=O) groups is 2. The molecule has 23 heavy (non-hydrogen) atoms. The minimum Gasteiger partial charge on any atom is -0.478 e. The van der Waals surface area contributed by atoms with E-state index in [4.69, 9.17) is 5.11 Å². The fraction of sp³-hybridized carbons (Fsp3) is 0.706. The second kappa shape index (κ2) is 7.62. The zero-order valence-corrected chi connectivity index (χ0v) is 14.2. The van der Waals surface area contributed by atoms with Gasteiger partial charge in [-0.2, -0.15) is 5.10 Å². The van der Waals surface area contributed by atoms with Gasteiger partial charge in [0.25, 0.3) is 0 Å². The first-order valence-electron chi connectivity index (χ1n) is 8.47. The van der Waals surface area contributed by atoms with Gasteiger partial charge in [0, 0.05) is 25.7 Å². The number of carboxylic acids is 1.